The Morgan fingerprint density at radius 3 is 2.60 bits per heavy atom. The quantitative estimate of drug-likeness (QED) is 0.176. The van der Waals surface area contributed by atoms with Crippen molar-refractivity contribution in [1.82, 2.24) is 24.9 Å². The van der Waals surface area contributed by atoms with E-state index in [1.807, 2.05) is 32.2 Å². The molecule has 1 saturated heterocycles. The van der Waals surface area contributed by atoms with Crippen molar-refractivity contribution in [1.29, 1.82) is 0 Å². The summed E-state index contributed by atoms with van der Waals surface area (Å²) in [5.74, 6) is -1.42. The summed E-state index contributed by atoms with van der Waals surface area (Å²) in [4.78, 5) is 65.1. The number of carbonyl (C=O) groups excluding carboxylic acids is 4. The fourth-order valence-corrected chi connectivity index (χ4v) is 10.1. The largest absolute Gasteiger partial charge is 0.497 e. The van der Waals surface area contributed by atoms with Gasteiger partial charge >= 0.3 is 0 Å². The Morgan fingerprint density at radius 1 is 1.05 bits per heavy atom. The summed E-state index contributed by atoms with van der Waals surface area (Å²) in [6.07, 6.45) is 2.86. The first-order valence-corrected chi connectivity index (χ1v) is 22.0. The minimum Gasteiger partial charge on any atom is -0.497 e. The lowest BCUT2D eigenvalue weighted by Crippen LogP contribution is -2.56. The normalized spacial score (nSPS) is 24.7. The Labute approximate surface area is 341 Å². The molecule has 0 radical (unpaired) electrons. The van der Waals surface area contributed by atoms with Crippen LogP contribution in [-0.4, -0.2) is 84.3 Å². The number of amides is 4. The van der Waals surface area contributed by atoms with Gasteiger partial charge in [-0.3, -0.25) is 19.2 Å². The number of methoxy groups -OCH3 is 1. The standard InChI is InChI=1S/C41H49N7O8S2/c1-23(2)42-40-45-33(22-57-40)32-19-35(28-16-15-26(55-5)17-31(28)43-32)56-27-18-34(48(21-27)25(4)49)38(51)46-41-20-29(41)24(3)11-7-6-8-14-37(50)44-30-12-9-10-13-36(30)58(53,54)47-39(41)52/h9-10,12-13,15-17,19,22-24,27,29,34H,6-8,11,14,18,20-21H2,1-5H3,(H,42,45)(H,44,50)(H,46,51)(H,47,52)/t24?,27-,29+,34+,41-/m1/s1. The Kier molecular flexibility index (Phi) is 11.6. The molecule has 2 aliphatic heterocycles. The fourth-order valence-electron chi connectivity index (χ4n) is 8.05. The van der Waals surface area contributed by atoms with Crippen LogP contribution < -0.4 is 30.1 Å². The van der Waals surface area contributed by atoms with E-state index in [1.54, 1.807) is 31.4 Å². The number of benzene rings is 2. The number of fused-ring (bicyclic) bond motifs is 3. The zero-order valence-corrected chi connectivity index (χ0v) is 34.8. The number of para-hydroxylation sites is 1. The molecule has 0 spiro atoms. The molecule has 17 heteroatoms. The van der Waals surface area contributed by atoms with Crippen molar-refractivity contribution in [3.8, 4) is 22.9 Å². The van der Waals surface area contributed by atoms with Gasteiger partial charge in [-0.2, -0.15) is 0 Å². The molecule has 4 heterocycles. The van der Waals surface area contributed by atoms with Crippen molar-refractivity contribution in [2.75, 3.05) is 24.3 Å². The number of ether oxygens (including phenoxy) is 2. The molecule has 4 N–H and O–H groups in total. The molecule has 2 aromatic carbocycles. The number of anilines is 2. The van der Waals surface area contributed by atoms with Gasteiger partial charge in [0.2, 0.25) is 17.7 Å². The summed E-state index contributed by atoms with van der Waals surface area (Å²) in [6.45, 7) is 7.51. The number of thiazole rings is 1. The predicted molar refractivity (Wildman–Crippen MR) is 220 cm³/mol. The van der Waals surface area contributed by atoms with Gasteiger partial charge in [-0.1, -0.05) is 38.3 Å². The summed E-state index contributed by atoms with van der Waals surface area (Å²) in [7, 11) is -2.90. The Bertz CT molecular complexity index is 2350. The van der Waals surface area contributed by atoms with Gasteiger partial charge in [-0.15, -0.1) is 11.3 Å². The van der Waals surface area contributed by atoms with Crippen molar-refractivity contribution < 1.29 is 37.1 Å². The lowest BCUT2D eigenvalue weighted by Gasteiger charge is -2.27. The van der Waals surface area contributed by atoms with Crippen LogP contribution in [0, 0.1) is 11.8 Å². The Balaban J connectivity index is 1.15. The minimum absolute atomic E-state index is 0.0497. The molecule has 308 valence electrons. The van der Waals surface area contributed by atoms with Crippen LogP contribution in [0.2, 0.25) is 0 Å². The van der Waals surface area contributed by atoms with Gasteiger partial charge in [0.25, 0.3) is 15.9 Å². The highest BCUT2D eigenvalue weighted by molar-refractivity contribution is 7.90. The molecule has 0 bridgehead atoms. The van der Waals surface area contributed by atoms with E-state index in [0.717, 1.165) is 18.0 Å². The van der Waals surface area contributed by atoms with Crippen molar-refractivity contribution in [3.05, 3.63) is 53.9 Å². The molecule has 3 aliphatic rings. The molecular formula is C41H49N7O8S2. The van der Waals surface area contributed by atoms with E-state index in [-0.39, 0.29) is 66.1 Å². The Hall–Kier alpha value is -5.29. The molecule has 15 nitrogen and oxygen atoms in total. The number of nitrogens with one attached hydrogen (secondary N) is 4. The number of hydrogen-bond acceptors (Lipinski definition) is 12. The number of aromatic nitrogens is 2. The summed E-state index contributed by atoms with van der Waals surface area (Å²) < 4.78 is 41.8. The molecule has 1 aliphatic carbocycles. The van der Waals surface area contributed by atoms with E-state index >= 15 is 0 Å². The van der Waals surface area contributed by atoms with Gasteiger partial charge < -0.3 is 30.3 Å². The number of likely N-dealkylation sites (tertiary alicyclic amines) is 1. The number of nitrogens with zero attached hydrogens (tertiary/aromatic N) is 3. The summed E-state index contributed by atoms with van der Waals surface area (Å²) in [6, 6.07) is 12.3. The van der Waals surface area contributed by atoms with E-state index in [1.165, 1.54) is 41.4 Å². The van der Waals surface area contributed by atoms with Gasteiger partial charge in [0, 0.05) is 48.7 Å². The zero-order valence-electron chi connectivity index (χ0n) is 33.2. The van der Waals surface area contributed by atoms with Crippen molar-refractivity contribution >= 4 is 66.7 Å². The van der Waals surface area contributed by atoms with Crippen LogP contribution in [0.4, 0.5) is 10.8 Å². The van der Waals surface area contributed by atoms with E-state index < -0.39 is 39.5 Å². The van der Waals surface area contributed by atoms with Crippen LogP contribution in [0.15, 0.2) is 58.8 Å². The van der Waals surface area contributed by atoms with Crippen LogP contribution in [0.25, 0.3) is 22.3 Å². The molecular weight excluding hydrogens is 783 g/mol. The van der Waals surface area contributed by atoms with Crippen molar-refractivity contribution in [3.63, 3.8) is 0 Å². The van der Waals surface area contributed by atoms with Crippen LogP contribution in [0.5, 0.6) is 11.5 Å². The molecule has 2 fully saturated rings. The third kappa shape index (κ3) is 8.60. The average Bonchev–Trinajstić information content (AvgIpc) is 3.47. The molecule has 5 atom stereocenters. The number of carbonyl (C=O) groups is 4. The number of rotatable bonds is 8. The Morgan fingerprint density at radius 2 is 1.84 bits per heavy atom. The van der Waals surface area contributed by atoms with Crippen LogP contribution >= 0.6 is 11.3 Å². The first kappa shape index (κ1) is 40.9. The third-order valence-electron chi connectivity index (χ3n) is 11.1. The van der Waals surface area contributed by atoms with Gasteiger partial charge in [0.15, 0.2) is 5.13 Å². The molecule has 58 heavy (non-hydrogen) atoms. The first-order valence-electron chi connectivity index (χ1n) is 19.6. The van der Waals surface area contributed by atoms with E-state index in [2.05, 4.69) is 20.7 Å². The first-order chi connectivity index (χ1) is 27.7. The second-order valence-electron chi connectivity index (χ2n) is 15.7. The maximum absolute atomic E-state index is 14.4. The SMILES string of the molecule is COc1ccc2c(O[C@@H]3C[C@@H](C(=O)N[C@]45C[C@H]4C(C)CCCCCC(=O)Nc4ccccc4S(=O)(=O)NC5=O)N(C(C)=O)C3)cc(-c3csc(NC(C)C)n3)nc2c1. The number of sulfonamides is 1. The molecule has 7 rings (SSSR count). The molecule has 1 saturated carbocycles. The topological polar surface area (TPSA) is 198 Å². The third-order valence-corrected chi connectivity index (χ3v) is 13.3. The summed E-state index contributed by atoms with van der Waals surface area (Å²) in [5.41, 5.74) is 0.357. The minimum atomic E-state index is -4.48. The van der Waals surface area contributed by atoms with E-state index in [0.29, 0.717) is 46.6 Å². The number of pyridine rings is 1. The molecule has 4 amide bonds. The van der Waals surface area contributed by atoms with Gasteiger partial charge in [-0.25, -0.2) is 23.1 Å². The summed E-state index contributed by atoms with van der Waals surface area (Å²) in [5, 5.41) is 12.3. The second-order valence-corrected chi connectivity index (χ2v) is 18.2. The highest BCUT2D eigenvalue weighted by Crippen LogP contribution is 2.51. The number of hydrogen-bond donors (Lipinski definition) is 4. The smallest absolute Gasteiger partial charge is 0.266 e. The van der Waals surface area contributed by atoms with Crippen LogP contribution in [0.1, 0.15) is 72.6 Å². The van der Waals surface area contributed by atoms with Gasteiger partial charge in [0.1, 0.15) is 39.8 Å². The monoisotopic (exact) mass is 831 g/mol. The summed E-state index contributed by atoms with van der Waals surface area (Å²) >= 11 is 1.46. The van der Waals surface area contributed by atoms with E-state index in [4.69, 9.17) is 19.4 Å². The second kappa shape index (κ2) is 16.5. The predicted octanol–water partition coefficient (Wildman–Crippen LogP) is 5.47. The fraction of sp³-hybridized carbons (Fsp3) is 0.463. The highest BCUT2D eigenvalue weighted by Gasteiger charge is 2.64. The van der Waals surface area contributed by atoms with Gasteiger partial charge in [0.05, 0.1) is 30.6 Å². The van der Waals surface area contributed by atoms with E-state index in [9.17, 15) is 27.6 Å². The van der Waals surface area contributed by atoms with Crippen molar-refractivity contribution in [2.24, 2.45) is 11.8 Å². The van der Waals surface area contributed by atoms with Crippen LogP contribution in [-0.2, 0) is 29.2 Å². The molecule has 2 aromatic heterocycles. The lowest BCUT2D eigenvalue weighted by atomic mass is 9.94. The zero-order chi connectivity index (χ0) is 41.4. The maximum Gasteiger partial charge on any atom is 0.266 e. The van der Waals surface area contributed by atoms with Crippen molar-refractivity contribution in [2.45, 2.75) is 101 Å². The highest BCUT2D eigenvalue weighted by atomic mass is 32.2. The molecule has 4 aromatic rings. The van der Waals surface area contributed by atoms with Gasteiger partial charge in [-0.05, 0) is 62.8 Å². The molecule has 1 unspecified atom stereocenters. The average molecular weight is 832 g/mol. The van der Waals surface area contributed by atoms with Crippen LogP contribution in [0.3, 0.4) is 0 Å². The lowest BCUT2D eigenvalue weighted by molar-refractivity contribution is -0.138. The maximum atomic E-state index is 14.4.